The Hall–Kier alpha value is -3.93. The van der Waals surface area contributed by atoms with E-state index in [0.717, 1.165) is 22.6 Å². The number of nitrogens with two attached hydrogens (primary N) is 1. The molecular weight excluding hydrogens is 490 g/mol. The Morgan fingerprint density at radius 1 is 0.829 bits per heavy atom. The van der Waals surface area contributed by atoms with Crippen LogP contribution in [0.5, 0.6) is 0 Å². The van der Waals surface area contributed by atoms with E-state index in [1.54, 1.807) is 24.3 Å². The van der Waals surface area contributed by atoms with Gasteiger partial charge < -0.3 is 15.7 Å². The van der Waals surface area contributed by atoms with Crippen molar-refractivity contribution in [1.82, 2.24) is 0 Å². The number of benzene rings is 3. The average Bonchev–Trinajstić information content (AvgIpc) is 2.82. The molecule has 1 unspecified atom stereocenters. The SMILES string of the molecule is NS(=O)(=O)c1ccc(NC(=O)C(Sc2ccc(NC(=O)/C=C/C(=O)O)cc2)c2ccccc2)cc1. The lowest BCUT2D eigenvalue weighted by atomic mass is 10.1. The van der Waals surface area contributed by atoms with Crippen LogP contribution in [0.4, 0.5) is 11.4 Å². The Balaban J connectivity index is 1.75. The molecule has 3 aromatic carbocycles. The molecule has 3 rings (SSSR count). The normalized spacial score (nSPS) is 12.1. The number of hydrogen-bond acceptors (Lipinski definition) is 6. The predicted molar refractivity (Wildman–Crippen MR) is 133 cm³/mol. The zero-order valence-corrected chi connectivity index (χ0v) is 19.8. The molecule has 0 heterocycles. The fourth-order valence-electron chi connectivity index (χ4n) is 2.92. The van der Waals surface area contributed by atoms with Crippen molar-refractivity contribution in [3.63, 3.8) is 0 Å². The van der Waals surface area contributed by atoms with E-state index >= 15 is 0 Å². The van der Waals surface area contributed by atoms with E-state index in [4.69, 9.17) is 10.2 Å². The van der Waals surface area contributed by atoms with Gasteiger partial charge in [-0.2, -0.15) is 0 Å². The number of primary sulfonamides is 1. The number of carboxylic acid groups (broad SMARTS) is 1. The van der Waals surface area contributed by atoms with Crippen LogP contribution in [0.3, 0.4) is 0 Å². The van der Waals surface area contributed by atoms with E-state index in [9.17, 15) is 22.8 Å². The number of hydrogen-bond donors (Lipinski definition) is 4. The number of thioether (sulfide) groups is 1. The van der Waals surface area contributed by atoms with Crippen molar-refractivity contribution < 1.29 is 27.9 Å². The van der Waals surface area contributed by atoms with Crippen molar-refractivity contribution >= 4 is 50.9 Å². The first kappa shape index (κ1) is 25.7. The highest BCUT2D eigenvalue weighted by Gasteiger charge is 2.22. The van der Waals surface area contributed by atoms with Crippen LogP contribution >= 0.6 is 11.8 Å². The van der Waals surface area contributed by atoms with Crippen LogP contribution in [0, 0.1) is 0 Å². The standard InChI is InChI=1S/C24H21N3O6S2/c25-35(32,33)20-12-8-18(9-13-20)27-24(31)23(16-4-2-1-3-5-16)34-19-10-6-17(7-11-19)26-21(28)14-15-22(29)30/h1-15,23H,(H,26,28)(H,27,31)(H,29,30)(H2,25,32,33)/b15-14+. The van der Waals surface area contributed by atoms with Crippen molar-refractivity contribution in [2.45, 2.75) is 15.0 Å². The van der Waals surface area contributed by atoms with Gasteiger partial charge in [-0.3, -0.25) is 9.59 Å². The van der Waals surface area contributed by atoms with Crippen molar-refractivity contribution in [2.24, 2.45) is 5.14 Å². The van der Waals surface area contributed by atoms with Crippen LogP contribution in [-0.4, -0.2) is 31.3 Å². The molecule has 1 atom stereocenters. The second-order valence-electron chi connectivity index (χ2n) is 7.15. The second kappa shape index (κ2) is 11.5. The summed E-state index contributed by atoms with van der Waals surface area (Å²) >= 11 is 1.29. The van der Waals surface area contributed by atoms with Crippen LogP contribution in [0.2, 0.25) is 0 Å². The smallest absolute Gasteiger partial charge is 0.328 e. The highest BCUT2D eigenvalue weighted by atomic mass is 32.2. The molecular formula is C24H21N3O6S2. The molecule has 9 nitrogen and oxygen atoms in total. The fraction of sp³-hybridized carbons (Fsp3) is 0.0417. The zero-order chi connectivity index (χ0) is 25.4. The molecule has 0 bridgehead atoms. The lowest BCUT2D eigenvalue weighted by molar-refractivity contribution is -0.131. The number of amides is 2. The van der Waals surface area contributed by atoms with Crippen molar-refractivity contribution in [3.05, 3.63) is 96.6 Å². The maximum atomic E-state index is 13.2. The lowest BCUT2D eigenvalue weighted by Gasteiger charge is -2.17. The number of carbonyl (C=O) groups is 3. The summed E-state index contributed by atoms with van der Waals surface area (Å²) in [5.41, 5.74) is 1.63. The van der Waals surface area contributed by atoms with Crippen molar-refractivity contribution in [3.8, 4) is 0 Å². The molecule has 0 saturated heterocycles. The minimum Gasteiger partial charge on any atom is -0.478 e. The Morgan fingerprint density at radius 3 is 1.97 bits per heavy atom. The summed E-state index contributed by atoms with van der Waals surface area (Å²) in [5, 5.41) is 18.4. The third-order valence-corrected chi connectivity index (χ3v) is 6.74. The van der Waals surface area contributed by atoms with Gasteiger partial charge in [0.05, 0.1) is 4.90 Å². The molecule has 11 heteroatoms. The van der Waals surface area contributed by atoms with Gasteiger partial charge in [0.25, 0.3) is 0 Å². The summed E-state index contributed by atoms with van der Waals surface area (Å²) in [4.78, 5) is 36.1. The van der Waals surface area contributed by atoms with Crippen LogP contribution in [0.1, 0.15) is 10.8 Å². The van der Waals surface area contributed by atoms with Crippen molar-refractivity contribution in [2.75, 3.05) is 10.6 Å². The third-order valence-electron chi connectivity index (χ3n) is 4.54. The van der Waals surface area contributed by atoms with Gasteiger partial charge in [-0.15, -0.1) is 11.8 Å². The van der Waals surface area contributed by atoms with E-state index in [0.29, 0.717) is 11.4 Å². The monoisotopic (exact) mass is 511 g/mol. The minimum absolute atomic E-state index is 0.0601. The number of aliphatic carboxylic acids is 1. The fourth-order valence-corrected chi connectivity index (χ4v) is 4.46. The Bertz CT molecular complexity index is 1340. The van der Waals surface area contributed by atoms with Gasteiger partial charge in [0.2, 0.25) is 21.8 Å². The topological polar surface area (TPSA) is 156 Å². The van der Waals surface area contributed by atoms with E-state index in [1.165, 1.54) is 36.0 Å². The van der Waals surface area contributed by atoms with E-state index in [-0.39, 0.29) is 10.8 Å². The molecule has 35 heavy (non-hydrogen) atoms. The Kier molecular flexibility index (Phi) is 8.42. The first-order chi connectivity index (χ1) is 16.6. The van der Waals surface area contributed by atoms with E-state index in [1.807, 2.05) is 30.3 Å². The number of anilines is 2. The van der Waals surface area contributed by atoms with Gasteiger partial charge in [-0.1, -0.05) is 30.3 Å². The summed E-state index contributed by atoms with van der Waals surface area (Å²) in [6.07, 6.45) is 1.65. The summed E-state index contributed by atoms with van der Waals surface area (Å²) in [6.45, 7) is 0. The van der Waals surface area contributed by atoms with Gasteiger partial charge in [-0.25, -0.2) is 18.4 Å². The summed E-state index contributed by atoms with van der Waals surface area (Å²) in [6, 6.07) is 21.4. The van der Waals surface area contributed by atoms with Gasteiger partial charge in [0.1, 0.15) is 5.25 Å². The number of rotatable bonds is 9. The molecule has 0 aromatic heterocycles. The van der Waals surface area contributed by atoms with E-state index < -0.39 is 27.1 Å². The largest absolute Gasteiger partial charge is 0.478 e. The van der Waals surface area contributed by atoms with Crippen LogP contribution in [-0.2, 0) is 24.4 Å². The van der Waals surface area contributed by atoms with Gasteiger partial charge in [0.15, 0.2) is 0 Å². The lowest BCUT2D eigenvalue weighted by Crippen LogP contribution is -2.19. The summed E-state index contributed by atoms with van der Waals surface area (Å²) in [7, 11) is -3.84. The zero-order valence-electron chi connectivity index (χ0n) is 18.1. The number of nitrogens with one attached hydrogen (secondary N) is 2. The summed E-state index contributed by atoms with van der Waals surface area (Å²) in [5.74, 6) is -2.12. The second-order valence-corrected chi connectivity index (χ2v) is 9.89. The average molecular weight is 512 g/mol. The van der Waals surface area contributed by atoms with Gasteiger partial charge >= 0.3 is 5.97 Å². The number of carboxylic acids is 1. The molecule has 0 radical (unpaired) electrons. The molecule has 0 fully saturated rings. The first-order valence-corrected chi connectivity index (χ1v) is 12.5. The minimum atomic E-state index is -3.84. The predicted octanol–water partition coefficient (Wildman–Crippen LogP) is 3.39. The molecule has 0 saturated carbocycles. The molecule has 0 aliphatic rings. The molecule has 0 spiro atoms. The van der Waals surface area contributed by atoms with Crippen LogP contribution in [0.25, 0.3) is 0 Å². The van der Waals surface area contributed by atoms with Crippen LogP contribution < -0.4 is 15.8 Å². The molecule has 0 aliphatic carbocycles. The molecule has 2 amide bonds. The maximum absolute atomic E-state index is 13.2. The van der Waals surface area contributed by atoms with Crippen LogP contribution in [0.15, 0.2) is 101 Å². The van der Waals surface area contributed by atoms with Gasteiger partial charge in [-0.05, 0) is 54.1 Å². The number of carbonyl (C=O) groups excluding carboxylic acids is 2. The molecule has 180 valence electrons. The van der Waals surface area contributed by atoms with Crippen molar-refractivity contribution in [1.29, 1.82) is 0 Å². The van der Waals surface area contributed by atoms with Gasteiger partial charge in [0, 0.05) is 28.4 Å². The third kappa shape index (κ3) is 7.81. The Labute approximate surface area is 206 Å². The molecule has 5 N–H and O–H groups in total. The quantitative estimate of drug-likeness (QED) is 0.253. The molecule has 0 aliphatic heterocycles. The highest BCUT2D eigenvalue weighted by molar-refractivity contribution is 8.00. The number of sulfonamides is 1. The first-order valence-electron chi connectivity index (χ1n) is 10.1. The Morgan fingerprint density at radius 2 is 1.40 bits per heavy atom. The molecule has 3 aromatic rings. The summed E-state index contributed by atoms with van der Waals surface area (Å²) < 4.78 is 22.9. The van der Waals surface area contributed by atoms with E-state index in [2.05, 4.69) is 10.6 Å². The highest BCUT2D eigenvalue weighted by Crippen LogP contribution is 2.36. The maximum Gasteiger partial charge on any atom is 0.328 e.